The van der Waals surface area contributed by atoms with Gasteiger partial charge in [-0.2, -0.15) is 5.26 Å². The topological polar surface area (TPSA) is 101 Å². The lowest BCUT2D eigenvalue weighted by atomic mass is 10.1. The van der Waals surface area contributed by atoms with E-state index in [9.17, 15) is 19.6 Å². The van der Waals surface area contributed by atoms with E-state index in [1.54, 1.807) is 60.7 Å². The van der Waals surface area contributed by atoms with Gasteiger partial charge in [-0.05, 0) is 47.7 Å². The Morgan fingerprint density at radius 2 is 1.88 bits per heavy atom. The summed E-state index contributed by atoms with van der Waals surface area (Å²) in [6.45, 7) is 0.0295. The zero-order chi connectivity index (χ0) is 22.7. The third kappa shape index (κ3) is 4.19. The number of ether oxygens (including phenoxy) is 1. The largest absolute Gasteiger partial charge is 0.465 e. The number of thioether (sulfide) groups is 1. The minimum atomic E-state index is -0.437. The Bertz CT molecular complexity index is 1280. The first-order chi connectivity index (χ1) is 15.5. The summed E-state index contributed by atoms with van der Waals surface area (Å²) in [5.74, 6) is 0.104. The minimum absolute atomic E-state index is 0.0295. The Balaban J connectivity index is 1.52. The Morgan fingerprint density at radius 1 is 1.12 bits per heavy atom. The first-order valence-electron chi connectivity index (χ1n) is 9.52. The summed E-state index contributed by atoms with van der Waals surface area (Å²) in [5.41, 5.74) is 2.20. The molecule has 2 aromatic carbocycles. The summed E-state index contributed by atoms with van der Waals surface area (Å²) >= 11 is 0.826. The van der Waals surface area contributed by atoms with Gasteiger partial charge in [0, 0.05) is 11.6 Å². The van der Waals surface area contributed by atoms with E-state index in [1.807, 2.05) is 0 Å². The molecule has 0 unspecified atom stereocenters. The number of hydrogen-bond donors (Lipinski definition) is 0. The molecule has 0 bridgehead atoms. The fraction of sp³-hybridized carbons (Fsp3) is 0.0833. The van der Waals surface area contributed by atoms with Gasteiger partial charge in [0.2, 0.25) is 0 Å². The van der Waals surface area contributed by atoms with E-state index in [1.165, 1.54) is 13.2 Å². The summed E-state index contributed by atoms with van der Waals surface area (Å²) in [6.07, 6.45) is 1.52. The zero-order valence-corrected chi connectivity index (χ0v) is 17.7. The number of carbonyl (C=O) groups is 3. The van der Waals surface area contributed by atoms with Crippen LogP contribution in [0.25, 0.3) is 17.4 Å². The highest BCUT2D eigenvalue weighted by molar-refractivity contribution is 8.18. The van der Waals surface area contributed by atoms with Gasteiger partial charge in [0.05, 0.1) is 35.8 Å². The number of rotatable bonds is 5. The average molecular weight is 444 g/mol. The number of furan rings is 1. The van der Waals surface area contributed by atoms with Crippen molar-refractivity contribution in [3.63, 3.8) is 0 Å². The van der Waals surface area contributed by atoms with Gasteiger partial charge in [0.15, 0.2) is 0 Å². The molecule has 0 spiro atoms. The first-order valence-corrected chi connectivity index (χ1v) is 10.3. The number of benzene rings is 2. The Kier molecular flexibility index (Phi) is 5.92. The third-order valence-electron chi connectivity index (χ3n) is 4.83. The van der Waals surface area contributed by atoms with E-state index in [2.05, 4.69) is 10.8 Å². The highest BCUT2D eigenvalue weighted by Crippen LogP contribution is 2.34. The molecule has 3 aromatic rings. The van der Waals surface area contributed by atoms with Crippen molar-refractivity contribution in [3.8, 4) is 17.4 Å². The molecule has 1 aliphatic rings. The number of carbonyl (C=O) groups excluding carboxylic acids is 3. The van der Waals surface area contributed by atoms with Crippen molar-refractivity contribution >= 4 is 35.0 Å². The Labute approximate surface area is 187 Å². The molecule has 7 nitrogen and oxygen atoms in total. The van der Waals surface area contributed by atoms with Crippen molar-refractivity contribution in [2.24, 2.45) is 0 Å². The number of imide groups is 1. The summed E-state index contributed by atoms with van der Waals surface area (Å²) in [5, 5.41) is 8.83. The molecule has 1 fully saturated rings. The van der Waals surface area contributed by atoms with Crippen LogP contribution in [0.2, 0.25) is 0 Å². The van der Waals surface area contributed by atoms with Crippen LogP contribution in [0.4, 0.5) is 4.79 Å². The van der Waals surface area contributed by atoms with Crippen LogP contribution in [-0.2, 0) is 16.1 Å². The molecule has 2 heterocycles. The maximum atomic E-state index is 12.8. The molecular weight excluding hydrogens is 428 g/mol. The predicted molar refractivity (Wildman–Crippen MR) is 118 cm³/mol. The molecule has 2 amide bonds. The van der Waals surface area contributed by atoms with Crippen molar-refractivity contribution in [1.29, 1.82) is 5.26 Å². The van der Waals surface area contributed by atoms with Crippen LogP contribution in [0.5, 0.6) is 0 Å². The number of amides is 2. The van der Waals surface area contributed by atoms with E-state index < -0.39 is 17.1 Å². The SMILES string of the molecule is COC(=O)c1ccc(-c2ccc(/C=C3/SC(=O)N(Cc4ccccc4C#N)C3=O)o2)cc1. The molecule has 0 saturated carbocycles. The Morgan fingerprint density at radius 3 is 2.59 bits per heavy atom. The monoisotopic (exact) mass is 444 g/mol. The second-order valence-corrected chi connectivity index (χ2v) is 7.80. The molecule has 1 aromatic heterocycles. The molecule has 0 N–H and O–H groups in total. The lowest BCUT2D eigenvalue weighted by Gasteiger charge is -2.13. The lowest BCUT2D eigenvalue weighted by Crippen LogP contribution is -2.27. The molecule has 0 radical (unpaired) electrons. The molecule has 158 valence electrons. The maximum absolute atomic E-state index is 12.8. The van der Waals surface area contributed by atoms with Crippen molar-refractivity contribution in [1.82, 2.24) is 4.90 Å². The van der Waals surface area contributed by atoms with Gasteiger partial charge in [-0.15, -0.1) is 0 Å². The number of hydrogen-bond acceptors (Lipinski definition) is 7. The Hall–Kier alpha value is -4.09. The molecule has 32 heavy (non-hydrogen) atoms. The van der Waals surface area contributed by atoms with Crippen LogP contribution in [0, 0.1) is 11.3 Å². The van der Waals surface area contributed by atoms with Crippen LogP contribution in [-0.4, -0.2) is 29.1 Å². The van der Waals surface area contributed by atoms with Crippen LogP contribution in [0.15, 0.2) is 70.0 Å². The quantitative estimate of drug-likeness (QED) is 0.410. The normalized spacial score (nSPS) is 14.6. The summed E-state index contributed by atoms with van der Waals surface area (Å²) < 4.78 is 10.5. The van der Waals surface area contributed by atoms with Crippen LogP contribution in [0.1, 0.15) is 27.2 Å². The molecular formula is C24H16N2O5S. The van der Waals surface area contributed by atoms with Gasteiger partial charge in [-0.25, -0.2) is 4.79 Å². The van der Waals surface area contributed by atoms with Gasteiger partial charge in [-0.3, -0.25) is 14.5 Å². The van der Waals surface area contributed by atoms with E-state index in [4.69, 9.17) is 4.42 Å². The molecule has 1 aliphatic heterocycles. The van der Waals surface area contributed by atoms with Gasteiger partial charge in [0.1, 0.15) is 11.5 Å². The van der Waals surface area contributed by atoms with E-state index in [0.29, 0.717) is 28.2 Å². The predicted octanol–water partition coefficient (Wildman–Crippen LogP) is 4.84. The van der Waals surface area contributed by atoms with Crippen molar-refractivity contribution in [3.05, 3.63) is 88.0 Å². The van der Waals surface area contributed by atoms with Gasteiger partial charge in [0.25, 0.3) is 11.1 Å². The molecule has 8 heteroatoms. The molecule has 4 rings (SSSR count). The number of nitriles is 1. The third-order valence-corrected chi connectivity index (χ3v) is 5.74. The number of methoxy groups -OCH3 is 1. The van der Waals surface area contributed by atoms with E-state index in [0.717, 1.165) is 22.2 Å². The summed E-state index contributed by atoms with van der Waals surface area (Å²) in [4.78, 5) is 38.1. The first kappa shape index (κ1) is 21.2. The van der Waals surface area contributed by atoms with E-state index in [-0.39, 0.29) is 11.4 Å². The van der Waals surface area contributed by atoms with Gasteiger partial charge in [-0.1, -0.05) is 30.3 Å². The smallest absolute Gasteiger partial charge is 0.337 e. The fourth-order valence-electron chi connectivity index (χ4n) is 3.18. The van der Waals surface area contributed by atoms with Crippen LogP contribution < -0.4 is 0 Å². The average Bonchev–Trinajstić information content (AvgIpc) is 3.39. The van der Waals surface area contributed by atoms with Gasteiger partial charge >= 0.3 is 5.97 Å². The standard InChI is InChI=1S/C24H16N2O5S/c1-30-23(28)16-8-6-15(7-9-16)20-11-10-19(31-20)12-21-22(27)26(24(29)32-21)14-18-5-3-2-4-17(18)13-25/h2-12H,14H2,1H3/b21-12+. The highest BCUT2D eigenvalue weighted by atomic mass is 32.2. The van der Waals surface area contributed by atoms with Crippen molar-refractivity contribution in [2.45, 2.75) is 6.54 Å². The highest BCUT2D eigenvalue weighted by Gasteiger charge is 2.35. The van der Waals surface area contributed by atoms with Crippen LogP contribution in [0.3, 0.4) is 0 Å². The fourth-order valence-corrected chi connectivity index (χ4v) is 4.00. The molecule has 1 saturated heterocycles. The molecule has 0 aliphatic carbocycles. The number of nitrogens with zero attached hydrogens (tertiary/aromatic N) is 2. The van der Waals surface area contributed by atoms with E-state index >= 15 is 0 Å². The minimum Gasteiger partial charge on any atom is -0.465 e. The summed E-state index contributed by atoms with van der Waals surface area (Å²) in [6, 6.07) is 19.1. The summed E-state index contributed by atoms with van der Waals surface area (Å²) in [7, 11) is 1.32. The number of esters is 1. The van der Waals surface area contributed by atoms with Crippen molar-refractivity contribution in [2.75, 3.05) is 7.11 Å². The van der Waals surface area contributed by atoms with Gasteiger partial charge < -0.3 is 9.15 Å². The van der Waals surface area contributed by atoms with Crippen LogP contribution >= 0.6 is 11.8 Å². The second-order valence-electron chi connectivity index (χ2n) is 6.81. The zero-order valence-electron chi connectivity index (χ0n) is 16.9. The molecule has 0 atom stereocenters. The maximum Gasteiger partial charge on any atom is 0.337 e. The second kappa shape index (κ2) is 8.96. The lowest BCUT2D eigenvalue weighted by molar-refractivity contribution is -0.123. The van der Waals surface area contributed by atoms with Crippen molar-refractivity contribution < 1.29 is 23.5 Å².